The lowest BCUT2D eigenvalue weighted by Gasteiger charge is -2.40. The average molecular weight is 671 g/mol. The lowest BCUT2D eigenvalue weighted by atomic mass is 9.95. The van der Waals surface area contributed by atoms with Crippen molar-refractivity contribution < 1.29 is 47.6 Å². The maximum Gasteiger partial charge on any atom is 0.305 e. The molecule has 10 heteroatoms. The van der Waals surface area contributed by atoms with Crippen LogP contribution in [0.3, 0.4) is 0 Å². The van der Waals surface area contributed by atoms with Gasteiger partial charge in [-0.25, -0.2) is 0 Å². The Kier molecular flexibility index (Phi) is 16.6. The molecule has 0 bridgehead atoms. The molecular formula is C38H54O10. The van der Waals surface area contributed by atoms with Crippen LogP contribution in [0.5, 0.6) is 5.75 Å². The fourth-order valence-electron chi connectivity index (χ4n) is 5.44. The normalized spacial score (nSPS) is 20.2. The second kappa shape index (κ2) is 19.8. The molecule has 4 atom stereocenters. The fraction of sp³-hybridized carbons (Fsp3) is 0.579. The number of allylic oxidation sites excluding steroid dienone is 6. The number of methoxy groups -OCH3 is 1. The summed E-state index contributed by atoms with van der Waals surface area (Å²) in [5.41, 5.74) is 8.05. The zero-order valence-electron chi connectivity index (χ0n) is 30.4. The number of carbonyl (C=O) groups is 4. The van der Waals surface area contributed by atoms with Gasteiger partial charge in [-0.3, -0.25) is 19.2 Å². The maximum atomic E-state index is 12.1. The Morgan fingerprint density at radius 1 is 0.708 bits per heavy atom. The van der Waals surface area contributed by atoms with E-state index in [9.17, 15) is 19.2 Å². The second-order valence-electron chi connectivity index (χ2n) is 12.5. The van der Waals surface area contributed by atoms with E-state index in [1.54, 1.807) is 0 Å². The van der Waals surface area contributed by atoms with Gasteiger partial charge < -0.3 is 28.4 Å². The van der Waals surface area contributed by atoms with Crippen LogP contribution in [-0.4, -0.2) is 62.2 Å². The van der Waals surface area contributed by atoms with Crippen LogP contribution in [0.1, 0.15) is 102 Å². The van der Waals surface area contributed by atoms with Gasteiger partial charge in [0.15, 0.2) is 12.2 Å². The second-order valence-corrected chi connectivity index (χ2v) is 12.5. The Balaban J connectivity index is 2.12. The van der Waals surface area contributed by atoms with Crippen molar-refractivity contribution in [2.24, 2.45) is 0 Å². The van der Waals surface area contributed by atoms with Crippen molar-refractivity contribution in [3.05, 3.63) is 63.3 Å². The molecule has 0 saturated carbocycles. The number of ether oxygens (including phenoxy) is 6. The summed E-state index contributed by atoms with van der Waals surface area (Å²) in [5, 5.41) is 0. The first-order chi connectivity index (χ1) is 22.6. The molecule has 0 unspecified atom stereocenters. The highest BCUT2D eigenvalue weighted by atomic mass is 16.7. The number of carbonyl (C=O) groups excluding carboxylic acids is 4. The summed E-state index contributed by atoms with van der Waals surface area (Å²) < 4.78 is 33.2. The molecule has 1 fully saturated rings. The van der Waals surface area contributed by atoms with E-state index in [0.29, 0.717) is 18.6 Å². The highest BCUT2D eigenvalue weighted by Gasteiger charge is 2.48. The molecular weight excluding hydrogens is 616 g/mol. The van der Waals surface area contributed by atoms with E-state index in [2.05, 4.69) is 45.9 Å². The van der Waals surface area contributed by atoms with Crippen LogP contribution in [0.4, 0.5) is 0 Å². The first kappa shape index (κ1) is 40.3. The number of hydrogen-bond donors (Lipinski definition) is 0. The van der Waals surface area contributed by atoms with E-state index in [0.717, 1.165) is 54.4 Å². The third kappa shape index (κ3) is 13.3. The zero-order chi connectivity index (χ0) is 36.0. The third-order valence-electron chi connectivity index (χ3n) is 8.51. The van der Waals surface area contributed by atoms with Crippen LogP contribution < -0.4 is 4.74 Å². The predicted octanol–water partition coefficient (Wildman–Crippen LogP) is 7.04. The molecule has 266 valence electrons. The van der Waals surface area contributed by atoms with Crippen LogP contribution in [0.25, 0.3) is 0 Å². The maximum absolute atomic E-state index is 12.1. The molecule has 48 heavy (non-hydrogen) atoms. The quantitative estimate of drug-likeness (QED) is 0.103. The van der Waals surface area contributed by atoms with Gasteiger partial charge in [-0.2, -0.15) is 0 Å². The monoisotopic (exact) mass is 670 g/mol. The molecule has 0 N–H and O–H groups in total. The summed E-state index contributed by atoms with van der Waals surface area (Å²) in [5.74, 6) is -1.45. The van der Waals surface area contributed by atoms with Crippen LogP contribution in [0, 0.1) is 20.8 Å². The third-order valence-corrected chi connectivity index (χ3v) is 8.51. The van der Waals surface area contributed by atoms with E-state index < -0.39 is 42.5 Å². The Morgan fingerprint density at radius 2 is 1.25 bits per heavy atom. The predicted molar refractivity (Wildman–Crippen MR) is 182 cm³/mol. The van der Waals surface area contributed by atoms with Gasteiger partial charge in [0, 0.05) is 27.2 Å². The summed E-state index contributed by atoms with van der Waals surface area (Å²) in [6, 6.07) is 1.97. The van der Waals surface area contributed by atoms with Gasteiger partial charge >= 0.3 is 23.9 Å². The van der Waals surface area contributed by atoms with E-state index in [1.165, 1.54) is 44.6 Å². The summed E-state index contributed by atoms with van der Waals surface area (Å²) in [7, 11) is 1.41. The average Bonchev–Trinajstić information content (AvgIpc) is 3.01. The number of rotatable bonds is 16. The van der Waals surface area contributed by atoms with Gasteiger partial charge in [0.1, 0.15) is 5.75 Å². The molecule has 1 heterocycles. The fourth-order valence-corrected chi connectivity index (χ4v) is 5.44. The molecule has 1 aromatic carbocycles. The standard InChI is InChI=1S/C38H54O10/c1-23(14-12-16-25(3)18-20-35(42)43-10)13-11-15-24(2)17-19-32-21-33(28(6)26(4)27(32)5)48-38-37(47-31(9)41)36(46-30(8)40)34(22-44-38)45-29(7)39/h13,16-17,21,34,36-38H,11-12,14-15,18-20,22H2,1-10H3/b23-13+,24-17+,25-16+/t34-,36+,37-,38+/m1/s1. The van der Waals surface area contributed by atoms with E-state index in [1.807, 2.05) is 19.9 Å². The molecule has 1 saturated heterocycles. The number of esters is 4. The van der Waals surface area contributed by atoms with Crippen molar-refractivity contribution in [2.45, 2.75) is 132 Å². The topological polar surface area (TPSA) is 124 Å². The van der Waals surface area contributed by atoms with Gasteiger partial charge in [-0.05, 0) is 108 Å². The Hall–Kier alpha value is -3.92. The molecule has 1 aromatic rings. The Morgan fingerprint density at radius 3 is 1.81 bits per heavy atom. The van der Waals surface area contributed by atoms with Crippen molar-refractivity contribution in [1.29, 1.82) is 0 Å². The van der Waals surface area contributed by atoms with Crippen LogP contribution in [-0.2, 0) is 49.3 Å². The number of benzene rings is 1. The molecule has 0 aliphatic carbocycles. The summed E-state index contributed by atoms with van der Waals surface area (Å²) in [4.78, 5) is 47.1. The van der Waals surface area contributed by atoms with Crippen LogP contribution in [0.2, 0.25) is 0 Å². The first-order valence-electron chi connectivity index (χ1n) is 16.6. The molecule has 1 aliphatic rings. The van der Waals surface area contributed by atoms with Crippen molar-refractivity contribution in [2.75, 3.05) is 13.7 Å². The van der Waals surface area contributed by atoms with Crippen molar-refractivity contribution >= 4 is 23.9 Å². The molecule has 2 rings (SSSR count). The van der Waals surface area contributed by atoms with Gasteiger partial charge in [-0.15, -0.1) is 0 Å². The van der Waals surface area contributed by atoms with Gasteiger partial charge in [-0.1, -0.05) is 34.9 Å². The minimum absolute atomic E-state index is 0.111. The smallest absolute Gasteiger partial charge is 0.305 e. The van der Waals surface area contributed by atoms with Gasteiger partial charge in [0.25, 0.3) is 0 Å². The molecule has 0 aromatic heterocycles. The van der Waals surface area contributed by atoms with Crippen molar-refractivity contribution in [1.82, 2.24) is 0 Å². The minimum atomic E-state index is -1.17. The van der Waals surface area contributed by atoms with E-state index in [-0.39, 0.29) is 12.6 Å². The summed E-state index contributed by atoms with van der Waals surface area (Å²) >= 11 is 0. The molecule has 10 nitrogen and oxygen atoms in total. The van der Waals surface area contributed by atoms with Gasteiger partial charge in [0.2, 0.25) is 12.4 Å². The van der Waals surface area contributed by atoms with E-state index in [4.69, 9.17) is 28.4 Å². The van der Waals surface area contributed by atoms with E-state index >= 15 is 0 Å². The molecule has 0 spiro atoms. The molecule has 0 amide bonds. The highest BCUT2D eigenvalue weighted by molar-refractivity contribution is 5.69. The van der Waals surface area contributed by atoms with Crippen LogP contribution in [0.15, 0.2) is 41.0 Å². The SMILES string of the molecule is COC(=O)CC/C(C)=C/CC/C(C)=C/CC/C(C)=C/Cc1cc(O[C@@H]2OC[C@@H](OC(C)=O)[C@H](OC(C)=O)[C@H]2OC(C)=O)c(C)c(C)c1C. The largest absolute Gasteiger partial charge is 0.469 e. The lowest BCUT2D eigenvalue weighted by Crippen LogP contribution is -2.59. The minimum Gasteiger partial charge on any atom is -0.469 e. The molecule has 0 radical (unpaired) electrons. The Bertz CT molecular complexity index is 1390. The summed E-state index contributed by atoms with van der Waals surface area (Å²) in [6.07, 6.45) is 8.05. The summed E-state index contributed by atoms with van der Waals surface area (Å²) in [6.45, 7) is 16.0. The van der Waals surface area contributed by atoms with Crippen molar-refractivity contribution in [3.8, 4) is 5.75 Å². The highest BCUT2D eigenvalue weighted by Crippen LogP contribution is 2.32. The molecule has 1 aliphatic heterocycles. The van der Waals surface area contributed by atoms with Crippen molar-refractivity contribution in [3.63, 3.8) is 0 Å². The zero-order valence-corrected chi connectivity index (χ0v) is 30.4. The Labute approximate surface area is 285 Å². The van der Waals surface area contributed by atoms with Crippen LogP contribution >= 0.6 is 0 Å². The first-order valence-corrected chi connectivity index (χ1v) is 16.6. The lowest BCUT2D eigenvalue weighted by molar-refractivity contribution is -0.259. The van der Waals surface area contributed by atoms with Gasteiger partial charge in [0.05, 0.1) is 13.7 Å². The number of hydrogen-bond acceptors (Lipinski definition) is 10.